The molecular formula is C41H66O8. The maximum atomic E-state index is 12.6. The van der Waals surface area contributed by atoms with E-state index in [-0.39, 0.29) is 35.1 Å². The molecule has 8 rings (SSSR count). The summed E-state index contributed by atoms with van der Waals surface area (Å²) in [7, 11) is 0. The summed E-state index contributed by atoms with van der Waals surface area (Å²) in [6.07, 6.45) is 13.9. The monoisotopic (exact) mass is 686 g/mol. The van der Waals surface area contributed by atoms with E-state index in [4.69, 9.17) is 18.9 Å². The molecule has 49 heavy (non-hydrogen) atoms. The van der Waals surface area contributed by atoms with Crippen LogP contribution in [-0.2, 0) is 38.1 Å². The summed E-state index contributed by atoms with van der Waals surface area (Å²) in [6, 6.07) is 0. The van der Waals surface area contributed by atoms with Gasteiger partial charge in [0.2, 0.25) is 0 Å². The van der Waals surface area contributed by atoms with Crippen molar-refractivity contribution in [2.45, 2.75) is 170 Å². The fourth-order valence-corrected chi connectivity index (χ4v) is 10.4. The number of carbonyl (C=O) groups is 4. The van der Waals surface area contributed by atoms with Crippen LogP contribution in [0.2, 0.25) is 0 Å². The molecule has 0 radical (unpaired) electrons. The Kier molecular flexibility index (Phi) is 11.3. The van der Waals surface area contributed by atoms with E-state index in [1.807, 2.05) is 41.5 Å². The minimum absolute atomic E-state index is 0.124. The number of hydrogen-bond acceptors (Lipinski definition) is 8. The lowest BCUT2D eigenvalue weighted by Crippen LogP contribution is -2.58. The summed E-state index contributed by atoms with van der Waals surface area (Å²) in [5.74, 6) is 4.45. The van der Waals surface area contributed by atoms with Gasteiger partial charge in [-0.3, -0.25) is 14.4 Å². The van der Waals surface area contributed by atoms with Crippen LogP contribution in [0.5, 0.6) is 0 Å². The second kappa shape index (κ2) is 14.5. The van der Waals surface area contributed by atoms with Gasteiger partial charge in [-0.2, -0.15) is 0 Å². The molecule has 8 bridgehead atoms. The summed E-state index contributed by atoms with van der Waals surface area (Å²) in [6.45, 7) is 17.6. The standard InChI is InChI=1S/C21H34O4.C20H32O4/c1-5-20(2,3)19(23)24-8-6-7-18(22)25-21(4)16-10-14-9-15(12-16)13-17(21)11-14;1-6-19(3,4)18(22)23-12(2)17(21)24-20(5)15-8-13-7-14(10-15)11-16(20)9-13/h14-17H,5-13H2,1-4H3;12-16H,6-11H2,1-5H3. The Hall–Kier alpha value is -2.12. The number of esters is 4. The zero-order valence-corrected chi connectivity index (χ0v) is 32.1. The Morgan fingerprint density at radius 1 is 0.633 bits per heavy atom. The molecule has 0 saturated heterocycles. The van der Waals surface area contributed by atoms with E-state index < -0.39 is 16.9 Å². The second-order valence-corrected chi connectivity index (χ2v) is 18.6. The maximum Gasteiger partial charge on any atom is 0.347 e. The Balaban J connectivity index is 0.000000191. The number of rotatable bonds is 12. The average molecular weight is 687 g/mol. The molecular weight excluding hydrogens is 620 g/mol. The third-order valence-electron chi connectivity index (χ3n) is 14.4. The minimum atomic E-state index is -0.836. The molecule has 1 unspecified atom stereocenters. The highest BCUT2D eigenvalue weighted by Gasteiger charge is 2.58. The number of carbonyl (C=O) groups excluding carboxylic acids is 4. The van der Waals surface area contributed by atoms with Crippen LogP contribution in [0.1, 0.15) is 152 Å². The molecule has 8 saturated carbocycles. The van der Waals surface area contributed by atoms with E-state index in [1.54, 1.807) is 6.92 Å². The van der Waals surface area contributed by atoms with Crippen molar-refractivity contribution in [3.8, 4) is 0 Å². The quantitative estimate of drug-likeness (QED) is 0.114. The van der Waals surface area contributed by atoms with Crippen molar-refractivity contribution in [1.29, 1.82) is 0 Å². The van der Waals surface area contributed by atoms with Gasteiger partial charge in [-0.05, 0) is 179 Å². The first-order valence-electron chi connectivity index (χ1n) is 19.7. The van der Waals surface area contributed by atoms with Gasteiger partial charge < -0.3 is 18.9 Å². The Morgan fingerprint density at radius 2 is 1.02 bits per heavy atom. The van der Waals surface area contributed by atoms with E-state index >= 15 is 0 Å². The van der Waals surface area contributed by atoms with Crippen molar-refractivity contribution in [1.82, 2.24) is 0 Å². The number of hydrogen-bond donors (Lipinski definition) is 0. The van der Waals surface area contributed by atoms with Crippen molar-refractivity contribution in [3.05, 3.63) is 0 Å². The molecule has 8 aliphatic rings. The molecule has 278 valence electrons. The molecule has 0 heterocycles. The van der Waals surface area contributed by atoms with Gasteiger partial charge in [0.15, 0.2) is 6.10 Å². The normalized spacial score (nSPS) is 37.5. The van der Waals surface area contributed by atoms with E-state index in [1.165, 1.54) is 64.2 Å². The highest BCUT2D eigenvalue weighted by Crippen LogP contribution is 2.60. The minimum Gasteiger partial charge on any atom is -0.465 e. The fourth-order valence-electron chi connectivity index (χ4n) is 10.4. The van der Waals surface area contributed by atoms with Gasteiger partial charge in [0, 0.05) is 6.42 Å². The van der Waals surface area contributed by atoms with Crippen molar-refractivity contribution in [3.63, 3.8) is 0 Å². The molecule has 0 spiro atoms. The Morgan fingerprint density at radius 3 is 1.43 bits per heavy atom. The lowest BCUT2D eigenvalue weighted by molar-refractivity contribution is -0.213. The summed E-state index contributed by atoms with van der Waals surface area (Å²) in [5, 5.41) is 0. The van der Waals surface area contributed by atoms with Crippen LogP contribution >= 0.6 is 0 Å². The molecule has 0 aliphatic heterocycles. The predicted molar refractivity (Wildman–Crippen MR) is 187 cm³/mol. The third-order valence-corrected chi connectivity index (χ3v) is 14.4. The van der Waals surface area contributed by atoms with Gasteiger partial charge in [0.05, 0.1) is 17.4 Å². The average Bonchev–Trinajstić information content (AvgIpc) is 3.04. The first kappa shape index (κ1) is 38.1. The SMILES string of the molecule is CCC(C)(C)C(=O)OC(C)C(=O)OC1(C)C2CC3CC(C2)CC1C3.CCC(C)(C)C(=O)OCCCC(=O)OC1(C)C2CC3CC(C2)CC1C3. The summed E-state index contributed by atoms with van der Waals surface area (Å²) >= 11 is 0. The van der Waals surface area contributed by atoms with E-state index in [0.29, 0.717) is 49.5 Å². The molecule has 0 aromatic heterocycles. The fraction of sp³-hybridized carbons (Fsp3) is 0.902. The summed E-state index contributed by atoms with van der Waals surface area (Å²) < 4.78 is 22.7. The van der Waals surface area contributed by atoms with Crippen LogP contribution < -0.4 is 0 Å². The zero-order chi connectivity index (χ0) is 35.9. The largest absolute Gasteiger partial charge is 0.465 e. The van der Waals surface area contributed by atoms with E-state index in [0.717, 1.165) is 30.1 Å². The van der Waals surface area contributed by atoms with Gasteiger partial charge in [-0.25, -0.2) is 4.79 Å². The van der Waals surface area contributed by atoms with Crippen LogP contribution in [0.25, 0.3) is 0 Å². The van der Waals surface area contributed by atoms with Crippen molar-refractivity contribution in [2.75, 3.05) is 6.61 Å². The maximum absolute atomic E-state index is 12.6. The van der Waals surface area contributed by atoms with E-state index in [2.05, 4.69) is 13.8 Å². The van der Waals surface area contributed by atoms with Crippen LogP contribution in [-0.4, -0.2) is 47.8 Å². The summed E-state index contributed by atoms with van der Waals surface area (Å²) in [5.41, 5.74) is -1.65. The Labute approximate surface area is 295 Å². The van der Waals surface area contributed by atoms with E-state index in [9.17, 15) is 19.2 Å². The van der Waals surface area contributed by atoms with Gasteiger partial charge in [0.1, 0.15) is 11.2 Å². The lowest BCUT2D eigenvalue weighted by Gasteiger charge is -2.59. The van der Waals surface area contributed by atoms with Crippen LogP contribution in [0.4, 0.5) is 0 Å². The number of ether oxygens (including phenoxy) is 4. The van der Waals surface area contributed by atoms with Crippen LogP contribution in [0.15, 0.2) is 0 Å². The topological polar surface area (TPSA) is 105 Å². The van der Waals surface area contributed by atoms with Crippen molar-refractivity contribution >= 4 is 23.9 Å². The van der Waals surface area contributed by atoms with Gasteiger partial charge >= 0.3 is 23.9 Å². The smallest absolute Gasteiger partial charge is 0.347 e. The van der Waals surface area contributed by atoms with Crippen molar-refractivity contribution in [2.24, 2.45) is 58.2 Å². The van der Waals surface area contributed by atoms with Crippen LogP contribution in [0, 0.1) is 58.2 Å². The molecule has 1 atom stereocenters. The second-order valence-electron chi connectivity index (χ2n) is 18.6. The van der Waals surface area contributed by atoms with Gasteiger partial charge in [-0.15, -0.1) is 0 Å². The zero-order valence-electron chi connectivity index (χ0n) is 32.1. The molecule has 8 fully saturated rings. The molecule has 0 aromatic carbocycles. The molecule has 0 amide bonds. The van der Waals surface area contributed by atoms with Crippen LogP contribution in [0.3, 0.4) is 0 Å². The third kappa shape index (κ3) is 8.03. The molecule has 8 heteroatoms. The van der Waals surface area contributed by atoms with Gasteiger partial charge in [-0.1, -0.05) is 13.8 Å². The highest BCUT2D eigenvalue weighted by molar-refractivity contribution is 5.82. The first-order valence-corrected chi connectivity index (χ1v) is 19.7. The first-order chi connectivity index (χ1) is 22.9. The molecule has 8 aliphatic carbocycles. The predicted octanol–water partition coefficient (Wildman–Crippen LogP) is 8.62. The lowest BCUT2D eigenvalue weighted by atomic mass is 9.50. The Bertz CT molecular complexity index is 1180. The molecule has 0 N–H and O–H groups in total. The van der Waals surface area contributed by atoms with Gasteiger partial charge in [0.25, 0.3) is 0 Å². The highest BCUT2D eigenvalue weighted by atomic mass is 16.6. The molecule has 8 nitrogen and oxygen atoms in total. The van der Waals surface area contributed by atoms with Crippen molar-refractivity contribution < 1.29 is 38.1 Å². The molecule has 0 aromatic rings. The summed E-state index contributed by atoms with van der Waals surface area (Å²) in [4.78, 5) is 49.1.